The van der Waals surface area contributed by atoms with E-state index in [2.05, 4.69) is 26.0 Å². The zero-order valence-electron chi connectivity index (χ0n) is 15.1. The summed E-state index contributed by atoms with van der Waals surface area (Å²) < 4.78 is 28.3. The molecule has 0 spiro atoms. The second kappa shape index (κ2) is 9.00. The molecule has 0 aliphatic rings. The maximum absolute atomic E-state index is 12.5. The normalized spacial score (nSPS) is 11.4. The Morgan fingerprint density at radius 1 is 1.11 bits per heavy atom. The Bertz CT molecular complexity index is 1060. The van der Waals surface area contributed by atoms with Gasteiger partial charge in [-0.1, -0.05) is 28.1 Å². The highest BCUT2D eigenvalue weighted by Crippen LogP contribution is 2.21. The van der Waals surface area contributed by atoms with E-state index in [9.17, 15) is 13.2 Å². The second-order valence-electron chi connectivity index (χ2n) is 6.16. The third-order valence-electron chi connectivity index (χ3n) is 4.12. The van der Waals surface area contributed by atoms with Gasteiger partial charge in [0, 0.05) is 27.1 Å². The molecule has 5 nitrogen and oxygen atoms in total. The van der Waals surface area contributed by atoms with E-state index in [0.717, 1.165) is 14.9 Å². The van der Waals surface area contributed by atoms with E-state index in [1.807, 2.05) is 42.6 Å². The van der Waals surface area contributed by atoms with Crippen LogP contribution in [0.15, 0.2) is 69.3 Å². The summed E-state index contributed by atoms with van der Waals surface area (Å²) in [5.74, 6) is -0.296. The Morgan fingerprint density at radius 3 is 2.54 bits per heavy atom. The van der Waals surface area contributed by atoms with Crippen LogP contribution < -0.4 is 10.0 Å². The van der Waals surface area contributed by atoms with Crippen molar-refractivity contribution in [2.45, 2.75) is 18.2 Å². The van der Waals surface area contributed by atoms with Crippen molar-refractivity contribution in [1.29, 1.82) is 0 Å². The van der Waals surface area contributed by atoms with Gasteiger partial charge in [-0.3, -0.25) is 4.79 Å². The maximum atomic E-state index is 12.5. The first-order valence-corrected chi connectivity index (χ1v) is 11.7. The van der Waals surface area contributed by atoms with Gasteiger partial charge in [0.15, 0.2) is 0 Å². The van der Waals surface area contributed by atoms with Crippen LogP contribution in [0.5, 0.6) is 0 Å². The van der Waals surface area contributed by atoms with Gasteiger partial charge >= 0.3 is 0 Å². The van der Waals surface area contributed by atoms with E-state index in [-0.39, 0.29) is 10.8 Å². The molecule has 1 heterocycles. The summed E-state index contributed by atoms with van der Waals surface area (Å²) >= 11 is 4.98. The van der Waals surface area contributed by atoms with Crippen LogP contribution in [-0.2, 0) is 16.4 Å². The van der Waals surface area contributed by atoms with Crippen LogP contribution in [0.25, 0.3) is 0 Å². The maximum Gasteiger partial charge on any atom is 0.255 e. The fraction of sp³-hybridized carbons (Fsp3) is 0.150. The van der Waals surface area contributed by atoms with Gasteiger partial charge in [0.1, 0.15) is 0 Å². The van der Waals surface area contributed by atoms with Crippen LogP contribution in [0.1, 0.15) is 20.8 Å². The third-order valence-corrected chi connectivity index (χ3v) is 7.02. The van der Waals surface area contributed by atoms with Crippen LogP contribution in [0.3, 0.4) is 0 Å². The molecule has 0 fully saturated rings. The van der Waals surface area contributed by atoms with E-state index in [1.54, 1.807) is 11.3 Å². The molecule has 0 saturated heterocycles. The number of halogens is 1. The van der Waals surface area contributed by atoms with Crippen LogP contribution in [0, 0.1) is 6.92 Å². The molecular formula is C20H19BrN2O3S2. The number of hydrogen-bond donors (Lipinski definition) is 2. The topological polar surface area (TPSA) is 75.3 Å². The van der Waals surface area contributed by atoms with E-state index < -0.39 is 10.0 Å². The first-order valence-electron chi connectivity index (χ1n) is 8.55. The fourth-order valence-corrected chi connectivity index (χ4v) is 4.66. The molecule has 0 bridgehead atoms. The summed E-state index contributed by atoms with van der Waals surface area (Å²) in [7, 11) is -3.61. The number of benzene rings is 2. The average Bonchev–Trinajstić information content (AvgIpc) is 3.18. The van der Waals surface area contributed by atoms with Gasteiger partial charge in [0.2, 0.25) is 10.0 Å². The molecule has 3 aromatic rings. The lowest BCUT2D eigenvalue weighted by Gasteiger charge is -2.10. The van der Waals surface area contributed by atoms with Crippen LogP contribution >= 0.6 is 27.3 Å². The molecule has 0 unspecified atom stereocenters. The Hall–Kier alpha value is -2.00. The highest BCUT2D eigenvalue weighted by Gasteiger charge is 2.15. The molecule has 2 aromatic carbocycles. The number of amides is 1. The van der Waals surface area contributed by atoms with E-state index in [0.29, 0.717) is 24.2 Å². The summed E-state index contributed by atoms with van der Waals surface area (Å²) in [5.41, 5.74) is 2.02. The predicted octanol–water partition coefficient (Wildman–Crippen LogP) is 4.59. The number of carbonyl (C=O) groups excluding carboxylic acids is 1. The minimum Gasteiger partial charge on any atom is -0.322 e. The van der Waals surface area contributed by atoms with E-state index in [1.165, 1.54) is 24.3 Å². The number of rotatable bonds is 7. The molecule has 146 valence electrons. The van der Waals surface area contributed by atoms with Crippen molar-refractivity contribution < 1.29 is 13.2 Å². The Morgan fingerprint density at radius 2 is 1.86 bits per heavy atom. The molecule has 2 N–H and O–H groups in total. The Kier molecular flexibility index (Phi) is 6.66. The lowest BCUT2D eigenvalue weighted by atomic mass is 10.1. The molecule has 0 saturated carbocycles. The molecule has 3 rings (SSSR count). The van der Waals surface area contributed by atoms with Gasteiger partial charge in [0.05, 0.1) is 4.90 Å². The Balaban J connectivity index is 1.64. The highest BCUT2D eigenvalue weighted by atomic mass is 79.9. The number of anilines is 1. The average molecular weight is 479 g/mol. The second-order valence-corrected chi connectivity index (χ2v) is 9.88. The minimum absolute atomic E-state index is 0.133. The number of carbonyl (C=O) groups is 1. The van der Waals surface area contributed by atoms with Crippen molar-refractivity contribution >= 4 is 48.9 Å². The molecule has 1 aromatic heterocycles. The molecule has 8 heteroatoms. The summed E-state index contributed by atoms with van der Waals surface area (Å²) in [6, 6.07) is 15.4. The zero-order chi connectivity index (χ0) is 20.1. The molecule has 0 atom stereocenters. The van der Waals surface area contributed by atoms with Crippen LogP contribution in [0.4, 0.5) is 5.69 Å². The van der Waals surface area contributed by atoms with E-state index >= 15 is 0 Å². The Labute approximate surface area is 177 Å². The number of sulfonamides is 1. The van der Waals surface area contributed by atoms with Crippen molar-refractivity contribution in [3.8, 4) is 0 Å². The number of aryl methyl sites for hydroxylation is 1. The third kappa shape index (κ3) is 5.29. The molecular weight excluding hydrogens is 460 g/mol. The fourth-order valence-electron chi connectivity index (χ4n) is 2.56. The highest BCUT2D eigenvalue weighted by molar-refractivity contribution is 9.10. The summed E-state index contributed by atoms with van der Waals surface area (Å²) in [4.78, 5) is 13.7. The van der Waals surface area contributed by atoms with Crippen LogP contribution in [0.2, 0.25) is 0 Å². The van der Waals surface area contributed by atoms with Crippen molar-refractivity contribution in [3.63, 3.8) is 0 Å². The molecule has 28 heavy (non-hydrogen) atoms. The van der Waals surface area contributed by atoms with Gasteiger partial charge in [-0.2, -0.15) is 0 Å². The first kappa shape index (κ1) is 20.7. The standard InChI is InChI=1S/C20H19BrN2O3S2/c1-14-4-7-16(21)13-19(14)23-20(24)15-5-8-18(9-6-15)28(25,26)22-11-10-17-3-2-12-27-17/h2-9,12-13,22H,10-11H2,1H3,(H,23,24). The van der Waals surface area contributed by atoms with E-state index in [4.69, 9.17) is 0 Å². The van der Waals surface area contributed by atoms with Gasteiger partial charge in [0.25, 0.3) is 5.91 Å². The SMILES string of the molecule is Cc1ccc(Br)cc1NC(=O)c1ccc(S(=O)(=O)NCCc2cccs2)cc1. The zero-order valence-corrected chi connectivity index (χ0v) is 18.3. The lowest BCUT2D eigenvalue weighted by Crippen LogP contribution is -2.26. The number of nitrogens with one attached hydrogen (secondary N) is 2. The lowest BCUT2D eigenvalue weighted by molar-refractivity contribution is 0.102. The molecule has 0 radical (unpaired) electrons. The number of thiophene rings is 1. The van der Waals surface area contributed by atoms with Gasteiger partial charge in [-0.15, -0.1) is 11.3 Å². The van der Waals surface area contributed by atoms with Crippen molar-refractivity contribution in [2.24, 2.45) is 0 Å². The molecule has 1 amide bonds. The summed E-state index contributed by atoms with van der Waals surface area (Å²) in [5, 5.41) is 4.80. The van der Waals surface area contributed by atoms with Crippen molar-refractivity contribution in [2.75, 3.05) is 11.9 Å². The monoisotopic (exact) mass is 478 g/mol. The van der Waals surface area contributed by atoms with Gasteiger partial charge in [-0.05, 0) is 66.8 Å². The predicted molar refractivity (Wildman–Crippen MR) is 116 cm³/mol. The molecule has 0 aliphatic carbocycles. The summed E-state index contributed by atoms with van der Waals surface area (Å²) in [6.07, 6.45) is 0.642. The van der Waals surface area contributed by atoms with Crippen molar-refractivity contribution in [3.05, 3.63) is 80.5 Å². The number of hydrogen-bond acceptors (Lipinski definition) is 4. The minimum atomic E-state index is -3.61. The first-order chi connectivity index (χ1) is 13.3. The summed E-state index contributed by atoms with van der Waals surface area (Å²) in [6.45, 7) is 2.23. The van der Waals surface area contributed by atoms with Crippen molar-refractivity contribution in [1.82, 2.24) is 4.72 Å². The largest absolute Gasteiger partial charge is 0.322 e. The van der Waals surface area contributed by atoms with Crippen LogP contribution in [-0.4, -0.2) is 20.9 Å². The smallest absolute Gasteiger partial charge is 0.255 e. The van der Waals surface area contributed by atoms with Gasteiger partial charge in [-0.25, -0.2) is 13.1 Å². The molecule has 0 aliphatic heterocycles. The van der Waals surface area contributed by atoms with Gasteiger partial charge < -0.3 is 5.32 Å². The quantitative estimate of drug-likeness (QED) is 0.521.